The third kappa shape index (κ3) is 5.26. The van der Waals surface area contributed by atoms with Crippen molar-refractivity contribution >= 4 is 11.8 Å². The van der Waals surface area contributed by atoms with Gasteiger partial charge in [0, 0.05) is 13.0 Å². The van der Waals surface area contributed by atoms with Crippen molar-refractivity contribution in [3.63, 3.8) is 0 Å². The highest BCUT2D eigenvalue weighted by Crippen LogP contribution is 2.20. The second-order valence-corrected chi connectivity index (χ2v) is 7.91. The third-order valence-corrected chi connectivity index (χ3v) is 5.60. The van der Waals surface area contributed by atoms with E-state index in [2.05, 4.69) is 10.6 Å². The van der Waals surface area contributed by atoms with Crippen molar-refractivity contribution in [3.05, 3.63) is 71.8 Å². The van der Waals surface area contributed by atoms with E-state index in [9.17, 15) is 9.59 Å². The lowest BCUT2D eigenvalue weighted by Gasteiger charge is -2.30. The molecule has 2 aromatic rings. The predicted octanol–water partition coefficient (Wildman–Crippen LogP) is 2.37. The molecule has 2 heterocycles. The topological polar surface area (TPSA) is 76.7 Å². The molecule has 0 spiro atoms. The zero-order chi connectivity index (χ0) is 20.8. The Kier molecular flexibility index (Phi) is 6.77. The minimum Gasteiger partial charge on any atom is -0.353 e. The molecule has 2 amide bonds. The molecule has 30 heavy (non-hydrogen) atoms. The van der Waals surface area contributed by atoms with Gasteiger partial charge in [-0.15, -0.1) is 0 Å². The Morgan fingerprint density at radius 3 is 2.13 bits per heavy atom. The summed E-state index contributed by atoms with van der Waals surface area (Å²) in [6, 6.07) is 18.4. The molecule has 2 aromatic carbocycles. The molecule has 4 unspecified atom stereocenters. The van der Waals surface area contributed by atoms with Gasteiger partial charge in [-0.1, -0.05) is 60.7 Å². The molecule has 4 rings (SSSR count). The Hall–Kier alpha value is -2.70. The van der Waals surface area contributed by atoms with E-state index in [0.29, 0.717) is 19.4 Å². The quantitative estimate of drug-likeness (QED) is 0.769. The molecule has 0 saturated carbocycles. The van der Waals surface area contributed by atoms with Gasteiger partial charge in [-0.3, -0.25) is 9.59 Å². The summed E-state index contributed by atoms with van der Waals surface area (Å²) in [7, 11) is 0. The van der Waals surface area contributed by atoms with Crippen LogP contribution in [0.4, 0.5) is 0 Å². The molecule has 0 bridgehead atoms. The molecule has 2 saturated heterocycles. The molecule has 2 aliphatic heterocycles. The van der Waals surface area contributed by atoms with E-state index in [1.165, 1.54) is 0 Å². The largest absolute Gasteiger partial charge is 0.353 e. The van der Waals surface area contributed by atoms with Crippen LogP contribution in [0.3, 0.4) is 0 Å². The molecule has 6 nitrogen and oxygen atoms in total. The molecule has 158 valence electrons. The molecule has 0 aliphatic carbocycles. The lowest BCUT2D eigenvalue weighted by Crippen LogP contribution is -2.50. The van der Waals surface area contributed by atoms with E-state index >= 15 is 0 Å². The van der Waals surface area contributed by atoms with Crippen molar-refractivity contribution in [3.8, 4) is 0 Å². The third-order valence-electron chi connectivity index (χ3n) is 5.60. The highest BCUT2D eigenvalue weighted by atomic mass is 16.7. The summed E-state index contributed by atoms with van der Waals surface area (Å²) in [4.78, 5) is 26.1. The second kappa shape index (κ2) is 9.87. The minimum absolute atomic E-state index is 0.191. The first-order valence-corrected chi connectivity index (χ1v) is 10.6. The van der Waals surface area contributed by atoms with Gasteiger partial charge in [0.15, 0.2) is 12.4 Å². The molecular formula is C24H28N2O4. The highest BCUT2D eigenvalue weighted by molar-refractivity contribution is 5.93. The SMILES string of the molecule is O=C1NC(Cc2ccccc2)C(OC2CCCCO2)C(=O)NC1Cc1ccccc1. The van der Waals surface area contributed by atoms with E-state index in [4.69, 9.17) is 9.47 Å². The first-order chi connectivity index (χ1) is 14.7. The standard InChI is InChI=1S/C24H28N2O4/c27-23-20(16-18-11-5-2-6-12-18)26-24(28)22(30-21-13-7-8-14-29-21)19(25-23)15-17-9-3-1-4-10-17/h1-6,9-12,19-22H,7-8,13-16H2,(H,25,27)(H,26,28). The van der Waals surface area contributed by atoms with Crippen molar-refractivity contribution in [2.75, 3.05) is 6.61 Å². The van der Waals surface area contributed by atoms with Crippen LogP contribution in [-0.4, -0.2) is 42.9 Å². The number of benzene rings is 2. The van der Waals surface area contributed by atoms with Gasteiger partial charge in [-0.25, -0.2) is 0 Å². The Bertz CT molecular complexity index is 837. The predicted molar refractivity (Wildman–Crippen MR) is 113 cm³/mol. The first-order valence-electron chi connectivity index (χ1n) is 10.6. The van der Waals surface area contributed by atoms with Gasteiger partial charge < -0.3 is 20.1 Å². The van der Waals surface area contributed by atoms with Gasteiger partial charge >= 0.3 is 0 Å². The number of rotatable bonds is 6. The Balaban J connectivity index is 1.54. The lowest BCUT2D eigenvalue weighted by atomic mass is 10.0. The number of hydrogen-bond acceptors (Lipinski definition) is 4. The minimum atomic E-state index is -0.807. The number of carbonyl (C=O) groups excluding carboxylic acids is 2. The van der Waals surface area contributed by atoms with Crippen LogP contribution in [0.2, 0.25) is 0 Å². The fraction of sp³-hybridized carbons (Fsp3) is 0.417. The number of nitrogens with one attached hydrogen (secondary N) is 2. The number of carbonyl (C=O) groups is 2. The summed E-state index contributed by atoms with van der Waals surface area (Å²) in [6.45, 7) is 0.630. The van der Waals surface area contributed by atoms with Gasteiger partial charge in [0.2, 0.25) is 5.91 Å². The van der Waals surface area contributed by atoms with Crippen molar-refractivity contribution < 1.29 is 19.1 Å². The fourth-order valence-electron chi connectivity index (χ4n) is 4.02. The summed E-state index contributed by atoms with van der Waals surface area (Å²) >= 11 is 0. The maximum Gasteiger partial charge on any atom is 0.252 e. The fourth-order valence-corrected chi connectivity index (χ4v) is 4.02. The molecule has 6 heteroatoms. The Morgan fingerprint density at radius 2 is 1.50 bits per heavy atom. The Morgan fingerprint density at radius 1 is 0.833 bits per heavy atom. The van der Waals surface area contributed by atoms with Crippen LogP contribution in [0.15, 0.2) is 60.7 Å². The maximum atomic E-state index is 13.2. The van der Waals surface area contributed by atoms with E-state index in [0.717, 1.165) is 30.4 Å². The molecule has 2 fully saturated rings. The van der Waals surface area contributed by atoms with Crippen LogP contribution in [0.25, 0.3) is 0 Å². The van der Waals surface area contributed by atoms with E-state index in [1.807, 2.05) is 60.7 Å². The average molecular weight is 408 g/mol. The first kappa shape index (κ1) is 20.6. The lowest BCUT2D eigenvalue weighted by molar-refractivity contribution is -0.196. The van der Waals surface area contributed by atoms with E-state index < -0.39 is 24.5 Å². The van der Waals surface area contributed by atoms with Crippen molar-refractivity contribution in [2.24, 2.45) is 0 Å². The average Bonchev–Trinajstić information content (AvgIpc) is 2.88. The maximum absolute atomic E-state index is 13.2. The smallest absolute Gasteiger partial charge is 0.252 e. The van der Waals surface area contributed by atoms with Crippen molar-refractivity contribution in [1.29, 1.82) is 0 Å². The van der Waals surface area contributed by atoms with E-state index in [1.54, 1.807) is 0 Å². The van der Waals surface area contributed by atoms with Gasteiger partial charge in [0.05, 0.1) is 6.04 Å². The summed E-state index contributed by atoms with van der Waals surface area (Å²) in [5.41, 5.74) is 2.03. The van der Waals surface area contributed by atoms with Crippen LogP contribution in [0, 0.1) is 0 Å². The van der Waals surface area contributed by atoms with Crippen LogP contribution in [0.1, 0.15) is 30.4 Å². The van der Waals surface area contributed by atoms with Crippen LogP contribution < -0.4 is 10.6 Å². The van der Waals surface area contributed by atoms with Gasteiger partial charge in [0.1, 0.15) is 6.04 Å². The summed E-state index contributed by atoms with van der Waals surface area (Å²) in [6.07, 6.45) is 2.47. The highest BCUT2D eigenvalue weighted by Gasteiger charge is 2.39. The molecule has 0 aromatic heterocycles. The molecule has 2 aliphatic rings. The van der Waals surface area contributed by atoms with Crippen molar-refractivity contribution in [1.82, 2.24) is 10.6 Å². The zero-order valence-corrected chi connectivity index (χ0v) is 17.0. The van der Waals surface area contributed by atoms with Gasteiger partial charge in [-0.2, -0.15) is 0 Å². The second-order valence-electron chi connectivity index (χ2n) is 7.91. The van der Waals surface area contributed by atoms with Gasteiger partial charge in [-0.05, 0) is 36.8 Å². The molecule has 2 N–H and O–H groups in total. The number of hydrogen-bond donors (Lipinski definition) is 2. The van der Waals surface area contributed by atoms with Gasteiger partial charge in [0.25, 0.3) is 5.91 Å². The van der Waals surface area contributed by atoms with Crippen LogP contribution in [0.5, 0.6) is 0 Å². The van der Waals surface area contributed by atoms with Crippen LogP contribution in [-0.2, 0) is 31.9 Å². The summed E-state index contributed by atoms with van der Waals surface area (Å²) < 4.78 is 11.8. The molecular weight excluding hydrogens is 380 g/mol. The molecule has 0 radical (unpaired) electrons. The van der Waals surface area contributed by atoms with Crippen molar-refractivity contribution in [2.45, 2.75) is 56.6 Å². The zero-order valence-electron chi connectivity index (χ0n) is 17.0. The van der Waals surface area contributed by atoms with E-state index in [-0.39, 0.29) is 11.8 Å². The Labute approximate surface area is 177 Å². The number of ether oxygens (including phenoxy) is 2. The molecule has 4 atom stereocenters. The summed E-state index contributed by atoms with van der Waals surface area (Å²) in [5.74, 6) is -0.465. The normalized spacial score (nSPS) is 27.1. The number of amides is 2. The monoisotopic (exact) mass is 408 g/mol. The van der Waals surface area contributed by atoms with Crippen LogP contribution >= 0.6 is 0 Å². The summed E-state index contributed by atoms with van der Waals surface area (Å²) in [5, 5.41) is 5.97.